The summed E-state index contributed by atoms with van der Waals surface area (Å²) in [6.07, 6.45) is 1.08. The molecule has 0 saturated carbocycles. The fourth-order valence-electron chi connectivity index (χ4n) is 1.69. The van der Waals surface area contributed by atoms with Crippen LogP contribution in [0.2, 0.25) is 0 Å². The molecule has 0 atom stereocenters. The minimum absolute atomic E-state index is 1.02. The van der Waals surface area contributed by atoms with Gasteiger partial charge in [0.2, 0.25) is 0 Å². The molecule has 1 nitrogen and oxygen atoms in total. The van der Waals surface area contributed by atoms with Gasteiger partial charge >= 0.3 is 0 Å². The lowest BCUT2D eigenvalue weighted by molar-refractivity contribution is 0.783. The SMILES string of the molecule is CNCCc1ccccc1Sc1ccccc1. The van der Waals surface area contributed by atoms with E-state index in [2.05, 4.69) is 59.9 Å². The minimum atomic E-state index is 1.02. The Morgan fingerprint density at radius 2 is 1.65 bits per heavy atom. The van der Waals surface area contributed by atoms with Crippen LogP contribution >= 0.6 is 11.8 Å². The second-order valence-electron chi connectivity index (χ2n) is 3.88. The molecule has 0 fully saturated rings. The highest BCUT2D eigenvalue weighted by Gasteiger charge is 2.02. The Morgan fingerprint density at radius 3 is 2.41 bits per heavy atom. The van der Waals surface area contributed by atoms with Crippen molar-refractivity contribution in [2.75, 3.05) is 13.6 Å². The van der Waals surface area contributed by atoms with Crippen molar-refractivity contribution in [1.82, 2.24) is 5.32 Å². The lowest BCUT2D eigenvalue weighted by Crippen LogP contribution is -2.10. The number of benzene rings is 2. The standard InChI is InChI=1S/C15H17NS/c1-16-12-11-13-7-5-6-10-15(13)17-14-8-3-2-4-9-14/h2-10,16H,11-12H2,1H3. The van der Waals surface area contributed by atoms with Gasteiger partial charge in [0.05, 0.1) is 0 Å². The summed E-state index contributed by atoms with van der Waals surface area (Å²) in [5.74, 6) is 0. The van der Waals surface area contributed by atoms with Gasteiger partial charge in [-0.2, -0.15) is 0 Å². The van der Waals surface area contributed by atoms with E-state index in [1.54, 1.807) is 0 Å². The molecule has 0 aromatic heterocycles. The third kappa shape index (κ3) is 3.62. The molecule has 0 aliphatic rings. The molecule has 0 unspecified atom stereocenters. The molecule has 0 amide bonds. The molecule has 0 saturated heterocycles. The molecule has 2 rings (SSSR count). The summed E-state index contributed by atoms with van der Waals surface area (Å²) >= 11 is 1.84. The maximum absolute atomic E-state index is 3.20. The fourth-order valence-corrected chi connectivity index (χ4v) is 2.68. The van der Waals surface area contributed by atoms with Gasteiger partial charge in [-0.15, -0.1) is 0 Å². The Morgan fingerprint density at radius 1 is 0.941 bits per heavy atom. The highest BCUT2D eigenvalue weighted by Crippen LogP contribution is 2.30. The van der Waals surface area contributed by atoms with Crippen molar-refractivity contribution in [3.63, 3.8) is 0 Å². The van der Waals surface area contributed by atoms with Crippen LogP contribution in [0.3, 0.4) is 0 Å². The lowest BCUT2D eigenvalue weighted by Gasteiger charge is -2.08. The average Bonchev–Trinajstić information content (AvgIpc) is 2.39. The highest BCUT2D eigenvalue weighted by molar-refractivity contribution is 7.99. The van der Waals surface area contributed by atoms with E-state index >= 15 is 0 Å². The molecule has 1 N–H and O–H groups in total. The predicted molar refractivity (Wildman–Crippen MR) is 74.6 cm³/mol. The minimum Gasteiger partial charge on any atom is -0.319 e. The van der Waals surface area contributed by atoms with E-state index < -0.39 is 0 Å². The van der Waals surface area contributed by atoms with E-state index in [0.29, 0.717) is 0 Å². The Kier molecular flexibility index (Phi) is 4.65. The van der Waals surface area contributed by atoms with Crippen LogP contribution in [0.25, 0.3) is 0 Å². The number of hydrogen-bond acceptors (Lipinski definition) is 2. The zero-order valence-electron chi connectivity index (χ0n) is 10.0. The van der Waals surface area contributed by atoms with Crippen LogP contribution in [-0.4, -0.2) is 13.6 Å². The third-order valence-electron chi connectivity index (χ3n) is 2.59. The van der Waals surface area contributed by atoms with E-state index in [9.17, 15) is 0 Å². The van der Waals surface area contributed by atoms with Crippen molar-refractivity contribution in [2.24, 2.45) is 0 Å². The zero-order valence-corrected chi connectivity index (χ0v) is 10.8. The monoisotopic (exact) mass is 243 g/mol. The second kappa shape index (κ2) is 6.48. The summed E-state index contributed by atoms with van der Waals surface area (Å²) in [4.78, 5) is 2.65. The average molecular weight is 243 g/mol. The Bertz CT molecular complexity index is 453. The zero-order chi connectivity index (χ0) is 11.9. The largest absolute Gasteiger partial charge is 0.319 e. The van der Waals surface area contributed by atoms with Crippen LogP contribution in [0.4, 0.5) is 0 Å². The molecule has 0 aliphatic carbocycles. The summed E-state index contributed by atoms with van der Waals surface area (Å²) < 4.78 is 0. The first-order chi connectivity index (χ1) is 8.40. The highest BCUT2D eigenvalue weighted by atomic mass is 32.2. The maximum Gasteiger partial charge on any atom is 0.0154 e. The van der Waals surface area contributed by atoms with E-state index in [4.69, 9.17) is 0 Å². The molecule has 0 radical (unpaired) electrons. The first-order valence-corrected chi connectivity index (χ1v) is 6.67. The quantitative estimate of drug-likeness (QED) is 0.861. The van der Waals surface area contributed by atoms with E-state index in [1.807, 2.05) is 18.8 Å². The van der Waals surface area contributed by atoms with Gasteiger partial charge in [0.1, 0.15) is 0 Å². The number of nitrogens with one attached hydrogen (secondary N) is 1. The van der Waals surface area contributed by atoms with Gasteiger partial charge in [0.25, 0.3) is 0 Å². The van der Waals surface area contributed by atoms with E-state index in [-0.39, 0.29) is 0 Å². The summed E-state index contributed by atoms with van der Waals surface area (Å²) in [7, 11) is 1.99. The van der Waals surface area contributed by atoms with Gasteiger partial charge in [0.15, 0.2) is 0 Å². The first-order valence-electron chi connectivity index (χ1n) is 5.85. The predicted octanol–water partition coefficient (Wildman–Crippen LogP) is 3.60. The molecular formula is C15H17NS. The molecule has 0 spiro atoms. The van der Waals surface area contributed by atoms with Gasteiger partial charge in [0, 0.05) is 9.79 Å². The Labute approximate surface area is 107 Å². The number of hydrogen-bond donors (Lipinski definition) is 1. The molecule has 17 heavy (non-hydrogen) atoms. The first kappa shape index (κ1) is 12.2. The summed E-state index contributed by atoms with van der Waals surface area (Å²) in [6, 6.07) is 19.1. The number of rotatable bonds is 5. The molecule has 2 aromatic carbocycles. The maximum atomic E-state index is 3.20. The van der Waals surface area contributed by atoms with Crippen molar-refractivity contribution < 1.29 is 0 Å². The van der Waals surface area contributed by atoms with Crippen molar-refractivity contribution in [3.05, 3.63) is 60.2 Å². The van der Waals surface area contributed by atoms with Gasteiger partial charge in [-0.05, 0) is 43.8 Å². The van der Waals surface area contributed by atoms with Crippen LogP contribution < -0.4 is 5.32 Å². The number of likely N-dealkylation sites (N-methyl/N-ethyl adjacent to an activating group) is 1. The molecule has 2 aromatic rings. The van der Waals surface area contributed by atoms with Crippen molar-refractivity contribution >= 4 is 11.8 Å². The Balaban J connectivity index is 2.15. The molecule has 0 aliphatic heterocycles. The van der Waals surface area contributed by atoms with Crippen molar-refractivity contribution in [3.8, 4) is 0 Å². The summed E-state index contributed by atoms with van der Waals surface area (Å²) in [6.45, 7) is 1.02. The van der Waals surface area contributed by atoms with Gasteiger partial charge < -0.3 is 5.32 Å². The van der Waals surface area contributed by atoms with Crippen LogP contribution in [0.15, 0.2) is 64.4 Å². The molecule has 2 heteroatoms. The van der Waals surface area contributed by atoms with E-state index in [1.165, 1.54) is 15.4 Å². The molecule has 0 bridgehead atoms. The van der Waals surface area contributed by atoms with Crippen molar-refractivity contribution in [1.29, 1.82) is 0 Å². The molecule has 88 valence electrons. The second-order valence-corrected chi connectivity index (χ2v) is 4.99. The molecular weight excluding hydrogens is 226 g/mol. The van der Waals surface area contributed by atoms with E-state index in [0.717, 1.165) is 13.0 Å². The van der Waals surface area contributed by atoms with Gasteiger partial charge in [-0.3, -0.25) is 0 Å². The molecule has 0 heterocycles. The normalized spacial score (nSPS) is 10.4. The fraction of sp³-hybridized carbons (Fsp3) is 0.200. The third-order valence-corrected chi connectivity index (χ3v) is 3.71. The van der Waals surface area contributed by atoms with Crippen LogP contribution in [-0.2, 0) is 6.42 Å². The topological polar surface area (TPSA) is 12.0 Å². The summed E-state index contributed by atoms with van der Waals surface area (Å²) in [5.41, 5.74) is 1.41. The van der Waals surface area contributed by atoms with Crippen LogP contribution in [0.5, 0.6) is 0 Å². The smallest absolute Gasteiger partial charge is 0.0154 e. The summed E-state index contributed by atoms with van der Waals surface area (Å²) in [5, 5.41) is 3.20. The lowest BCUT2D eigenvalue weighted by atomic mass is 10.1. The van der Waals surface area contributed by atoms with Crippen LogP contribution in [0, 0.1) is 0 Å². The Hall–Kier alpha value is -1.25. The van der Waals surface area contributed by atoms with Crippen LogP contribution in [0.1, 0.15) is 5.56 Å². The van der Waals surface area contributed by atoms with Gasteiger partial charge in [-0.1, -0.05) is 48.2 Å². The van der Waals surface area contributed by atoms with Crippen molar-refractivity contribution in [2.45, 2.75) is 16.2 Å². The van der Waals surface area contributed by atoms with Gasteiger partial charge in [-0.25, -0.2) is 0 Å².